The number of rotatable bonds is 11. The van der Waals surface area contributed by atoms with Crippen LogP contribution in [0.1, 0.15) is 40.7 Å². The topological polar surface area (TPSA) is 149 Å². The van der Waals surface area contributed by atoms with Crippen molar-refractivity contribution in [2.45, 2.75) is 58.1 Å². The Hall–Kier alpha value is -5.75. The van der Waals surface area contributed by atoms with Gasteiger partial charge in [0.25, 0.3) is 0 Å². The van der Waals surface area contributed by atoms with E-state index in [0.29, 0.717) is 65.1 Å². The molecule has 2 saturated heterocycles. The van der Waals surface area contributed by atoms with Gasteiger partial charge >= 0.3 is 12.6 Å². The number of alkyl halides is 3. The fourth-order valence-corrected chi connectivity index (χ4v) is 7.88. The summed E-state index contributed by atoms with van der Waals surface area (Å²) in [4.78, 5) is 24.9. The molecule has 4 aromatic carbocycles. The van der Waals surface area contributed by atoms with E-state index in [4.69, 9.17) is 23.5 Å². The van der Waals surface area contributed by atoms with Gasteiger partial charge in [0, 0.05) is 48.9 Å². The molecular formula is C41H36F3N5O6. The number of oxazole rings is 2. The molecule has 14 heteroatoms. The number of likely N-dealkylation sites (tertiary alicyclic amines) is 2. The van der Waals surface area contributed by atoms with Crippen LogP contribution < -0.4 is 4.74 Å². The summed E-state index contributed by atoms with van der Waals surface area (Å²) in [5.74, 6) is -0.442. The summed E-state index contributed by atoms with van der Waals surface area (Å²) in [6, 6.07) is 19.5. The zero-order valence-corrected chi connectivity index (χ0v) is 30.0. The molecule has 0 unspecified atom stereocenters. The molecular weight excluding hydrogens is 715 g/mol. The quantitative estimate of drug-likeness (QED) is 0.135. The van der Waals surface area contributed by atoms with Crippen LogP contribution in [0.3, 0.4) is 0 Å². The molecule has 0 amide bonds. The van der Waals surface area contributed by atoms with Crippen molar-refractivity contribution in [3.05, 3.63) is 88.5 Å². The Morgan fingerprint density at radius 2 is 1.64 bits per heavy atom. The van der Waals surface area contributed by atoms with E-state index in [2.05, 4.69) is 6.07 Å². The number of aromatic nitrogens is 2. The summed E-state index contributed by atoms with van der Waals surface area (Å²) in [5.41, 5.74) is 6.30. The number of carboxylic acid groups (broad SMARTS) is 1. The first-order valence-corrected chi connectivity index (χ1v) is 17.8. The van der Waals surface area contributed by atoms with Gasteiger partial charge in [0.1, 0.15) is 28.9 Å². The highest BCUT2D eigenvalue weighted by Gasteiger charge is 2.42. The van der Waals surface area contributed by atoms with E-state index in [1.165, 1.54) is 6.07 Å². The van der Waals surface area contributed by atoms with Crippen molar-refractivity contribution in [3.8, 4) is 45.9 Å². The minimum atomic E-state index is -3.09. The Bertz CT molecular complexity index is 2500. The van der Waals surface area contributed by atoms with E-state index in [0.717, 1.165) is 33.4 Å². The maximum absolute atomic E-state index is 14.3. The van der Waals surface area contributed by atoms with Crippen molar-refractivity contribution in [2.24, 2.45) is 0 Å². The van der Waals surface area contributed by atoms with E-state index in [9.17, 15) is 33.4 Å². The molecule has 2 fully saturated rings. The lowest BCUT2D eigenvalue weighted by molar-refractivity contribution is -0.142. The summed E-state index contributed by atoms with van der Waals surface area (Å²) in [6.07, 6.45) is 1.16. The smallest absolute Gasteiger partial charge is 0.387 e. The molecule has 55 heavy (non-hydrogen) atoms. The molecule has 0 radical (unpaired) electrons. The van der Waals surface area contributed by atoms with Gasteiger partial charge in [-0.05, 0) is 91.4 Å². The second kappa shape index (κ2) is 14.2. The van der Waals surface area contributed by atoms with Gasteiger partial charge in [-0.1, -0.05) is 24.3 Å². The zero-order valence-electron chi connectivity index (χ0n) is 30.0. The van der Waals surface area contributed by atoms with Gasteiger partial charge in [-0.3, -0.25) is 14.6 Å². The van der Waals surface area contributed by atoms with Crippen LogP contribution in [0.5, 0.6) is 5.75 Å². The number of hydrogen-bond acceptors (Lipinski definition) is 10. The summed E-state index contributed by atoms with van der Waals surface area (Å²) < 4.78 is 58.5. The predicted octanol–water partition coefficient (Wildman–Crippen LogP) is 7.63. The molecule has 0 spiro atoms. The fraction of sp³-hybridized carbons (Fsp3) is 0.317. The van der Waals surface area contributed by atoms with E-state index < -0.39 is 30.9 Å². The number of ether oxygens (including phenoxy) is 1. The predicted molar refractivity (Wildman–Crippen MR) is 196 cm³/mol. The number of hydrogen-bond donors (Lipinski definition) is 2. The molecule has 8 rings (SSSR count). The molecule has 2 aromatic heterocycles. The third-order valence-electron chi connectivity index (χ3n) is 10.6. The lowest BCUT2D eigenvalue weighted by Gasteiger charge is -2.43. The van der Waals surface area contributed by atoms with Crippen molar-refractivity contribution in [1.29, 1.82) is 5.26 Å². The fourth-order valence-electron chi connectivity index (χ4n) is 7.88. The summed E-state index contributed by atoms with van der Waals surface area (Å²) in [5, 5.41) is 28.9. The number of aliphatic hydroxyl groups excluding tert-OH is 1. The minimum absolute atomic E-state index is 0.0986. The number of aliphatic carboxylic acids is 1. The highest BCUT2D eigenvalue weighted by molar-refractivity contribution is 5.86. The molecule has 282 valence electrons. The summed E-state index contributed by atoms with van der Waals surface area (Å²) >= 11 is 0. The SMILES string of the molecule is Cc1c(-c2nc3cc(CN4CCC[C@H]4C(=O)O)c(OC(F)F)cc3o2)cccc1-c1cccc(-c2nc3cc(CN4CC(F)(CO)C4)cc(C#N)c3o2)c1C. The minimum Gasteiger partial charge on any atom is -0.480 e. The van der Waals surface area contributed by atoms with Crippen LogP contribution in [0.2, 0.25) is 0 Å². The van der Waals surface area contributed by atoms with Crippen LogP contribution in [0, 0.1) is 25.2 Å². The molecule has 0 bridgehead atoms. The Morgan fingerprint density at radius 3 is 2.27 bits per heavy atom. The second-order valence-electron chi connectivity index (χ2n) is 14.3. The largest absolute Gasteiger partial charge is 0.480 e. The first kappa shape index (κ1) is 36.2. The Balaban J connectivity index is 1.11. The van der Waals surface area contributed by atoms with E-state index in [-0.39, 0.29) is 36.9 Å². The molecule has 2 aliphatic rings. The average molecular weight is 752 g/mol. The number of nitriles is 1. The maximum Gasteiger partial charge on any atom is 0.387 e. The lowest BCUT2D eigenvalue weighted by Crippen LogP contribution is -2.60. The average Bonchev–Trinajstić information content (AvgIpc) is 3.89. The Labute approximate surface area is 313 Å². The number of carbonyl (C=O) groups is 1. The number of halogens is 3. The van der Waals surface area contributed by atoms with Crippen LogP contribution in [0.15, 0.2) is 69.5 Å². The van der Waals surface area contributed by atoms with Gasteiger partial charge in [-0.15, -0.1) is 0 Å². The molecule has 1 atom stereocenters. The normalized spacial score (nSPS) is 17.2. The zero-order chi connectivity index (χ0) is 38.6. The van der Waals surface area contributed by atoms with Crippen molar-refractivity contribution in [2.75, 3.05) is 26.2 Å². The van der Waals surface area contributed by atoms with Gasteiger partial charge in [0.2, 0.25) is 11.8 Å². The molecule has 4 heterocycles. The lowest BCUT2D eigenvalue weighted by atomic mass is 9.91. The summed E-state index contributed by atoms with van der Waals surface area (Å²) in [6.45, 7) is 1.52. The monoisotopic (exact) mass is 751 g/mol. The van der Waals surface area contributed by atoms with Crippen molar-refractivity contribution >= 4 is 28.2 Å². The van der Waals surface area contributed by atoms with E-state index in [1.54, 1.807) is 17.0 Å². The van der Waals surface area contributed by atoms with E-state index in [1.807, 2.05) is 61.2 Å². The molecule has 0 aliphatic carbocycles. The highest BCUT2D eigenvalue weighted by Crippen LogP contribution is 2.40. The molecule has 2 N–H and O–H groups in total. The van der Waals surface area contributed by atoms with Gasteiger partial charge in [-0.25, -0.2) is 14.4 Å². The first-order chi connectivity index (χ1) is 26.4. The van der Waals surface area contributed by atoms with Crippen molar-refractivity contribution in [3.63, 3.8) is 0 Å². The number of nitrogens with zero attached hydrogens (tertiary/aromatic N) is 5. The number of benzene rings is 4. The van der Waals surface area contributed by atoms with Crippen LogP contribution in [-0.4, -0.2) is 80.5 Å². The maximum atomic E-state index is 14.3. The van der Waals surface area contributed by atoms with Crippen LogP contribution in [0.4, 0.5) is 13.2 Å². The number of aliphatic hydroxyl groups is 1. The molecule has 0 saturated carbocycles. The third kappa shape index (κ3) is 6.79. The van der Waals surface area contributed by atoms with Gasteiger partial charge < -0.3 is 23.8 Å². The Kier molecular flexibility index (Phi) is 9.32. The Morgan fingerprint density at radius 1 is 0.982 bits per heavy atom. The van der Waals surface area contributed by atoms with Crippen molar-refractivity contribution < 1.29 is 41.8 Å². The van der Waals surface area contributed by atoms with Crippen LogP contribution in [-0.2, 0) is 17.9 Å². The summed E-state index contributed by atoms with van der Waals surface area (Å²) in [7, 11) is 0. The van der Waals surface area contributed by atoms with Gasteiger partial charge in [-0.2, -0.15) is 14.0 Å². The van der Waals surface area contributed by atoms with Crippen LogP contribution in [0.25, 0.3) is 56.2 Å². The number of fused-ring (bicyclic) bond motifs is 2. The first-order valence-electron chi connectivity index (χ1n) is 17.8. The van der Waals surface area contributed by atoms with E-state index >= 15 is 0 Å². The van der Waals surface area contributed by atoms with Crippen molar-refractivity contribution in [1.82, 2.24) is 19.8 Å². The van der Waals surface area contributed by atoms with Crippen LogP contribution >= 0.6 is 0 Å². The third-order valence-corrected chi connectivity index (χ3v) is 10.6. The van der Waals surface area contributed by atoms with Gasteiger partial charge in [0.15, 0.2) is 16.8 Å². The van der Waals surface area contributed by atoms with Gasteiger partial charge in [0.05, 0.1) is 12.2 Å². The standard InChI is InChI=1S/C41H36F3N5O6/c1-22-27(6-3-8-29(22)37-46-31-14-26(18-49-11-5-10-33(49)39(51)52)34(54-40(42)43)15-35(31)53-37)28-7-4-9-30(23(28)2)38-47-32-13-24(12-25(16-45)36(32)55-38)17-48-19-41(44,20-48)21-50/h3-4,6-9,12-15,33,40,50H,5,10-11,17-21H2,1-2H3,(H,51,52)/t33-/m0/s1. The highest BCUT2D eigenvalue weighted by atomic mass is 19.3. The number of carboxylic acids is 1. The molecule has 11 nitrogen and oxygen atoms in total. The molecule has 6 aromatic rings. The second-order valence-corrected chi connectivity index (χ2v) is 14.3. The molecule has 2 aliphatic heterocycles.